The summed E-state index contributed by atoms with van der Waals surface area (Å²) in [7, 11) is 0. The number of hydrogen-bond donors (Lipinski definition) is 0. The van der Waals surface area contributed by atoms with Crippen molar-refractivity contribution in [2.45, 2.75) is 52.9 Å². The first-order chi connectivity index (χ1) is 7.04. The summed E-state index contributed by atoms with van der Waals surface area (Å²) in [6.07, 6.45) is 8.51. The first-order valence-corrected chi connectivity index (χ1v) is 6.20. The van der Waals surface area contributed by atoms with E-state index < -0.39 is 0 Å². The van der Waals surface area contributed by atoms with E-state index in [0.29, 0.717) is 17.1 Å². The van der Waals surface area contributed by atoms with Crippen LogP contribution in [0.5, 0.6) is 0 Å². The molecule has 15 heavy (non-hydrogen) atoms. The Balaban J connectivity index is 2.07. The molecule has 0 aromatic rings. The molecule has 0 N–H and O–H groups in total. The highest BCUT2D eigenvalue weighted by atomic mass is 16.1. The van der Waals surface area contributed by atoms with E-state index in [-0.39, 0.29) is 0 Å². The zero-order valence-electron chi connectivity index (χ0n) is 10.2. The molecule has 0 aromatic heterocycles. The van der Waals surface area contributed by atoms with Gasteiger partial charge >= 0.3 is 0 Å². The Hall–Kier alpha value is -0.590. The van der Waals surface area contributed by atoms with Crippen LogP contribution in [0.25, 0.3) is 0 Å². The average Bonchev–Trinajstić information content (AvgIpc) is 2.15. The molecule has 0 saturated heterocycles. The number of Topliss-reactive ketones (excluding diaryl/α,β-unsaturated/α-hetero) is 1. The largest absolute Gasteiger partial charge is 0.300 e. The molecular formula is C14H22O. The lowest BCUT2D eigenvalue weighted by molar-refractivity contribution is -0.135. The molecule has 0 radical (unpaired) electrons. The van der Waals surface area contributed by atoms with Gasteiger partial charge in [0.25, 0.3) is 0 Å². The summed E-state index contributed by atoms with van der Waals surface area (Å²) in [5.41, 5.74) is 1.86. The van der Waals surface area contributed by atoms with Crippen molar-refractivity contribution in [3.05, 3.63) is 11.6 Å². The maximum Gasteiger partial charge on any atom is 0.133 e. The van der Waals surface area contributed by atoms with Gasteiger partial charge in [-0.25, -0.2) is 0 Å². The third-order valence-electron chi connectivity index (χ3n) is 4.83. The average molecular weight is 206 g/mol. The number of carbonyl (C=O) groups excluding carboxylic acids is 1. The molecule has 2 aliphatic carbocycles. The molecule has 0 spiro atoms. The lowest BCUT2D eigenvalue weighted by Gasteiger charge is -2.52. The minimum atomic E-state index is 0.322. The number of rotatable bonds is 2. The van der Waals surface area contributed by atoms with Gasteiger partial charge in [0.05, 0.1) is 0 Å². The van der Waals surface area contributed by atoms with E-state index in [1.165, 1.54) is 31.3 Å². The predicted molar refractivity (Wildman–Crippen MR) is 62.6 cm³/mol. The Morgan fingerprint density at radius 1 is 1.47 bits per heavy atom. The first-order valence-electron chi connectivity index (χ1n) is 6.20. The van der Waals surface area contributed by atoms with Crippen LogP contribution in [0.2, 0.25) is 0 Å². The molecule has 3 atom stereocenters. The third kappa shape index (κ3) is 1.77. The first kappa shape index (κ1) is 10.9. The van der Waals surface area contributed by atoms with E-state index in [2.05, 4.69) is 19.9 Å². The topological polar surface area (TPSA) is 17.1 Å². The molecule has 0 heterocycles. The van der Waals surface area contributed by atoms with Crippen molar-refractivity contribution in [3.8, 4) is 0 Å². The molecule has 1 nitrogen and oxygen atoms in total. The summed E-state index contributed by atoms with van der Waals surface area (Å²) in [6, 6.07) is 0. The predicted octanol–water partition coefficient (Wildman–Crippen LogP) is 3.74. The molecule has 1 saturated carbocycles. The van der Waals surface area contributed by atoms with Gasteiger partial charge in [-0.3, -0.25) is 4.79 Å². The van der Waals surface area contributed by atoms with Gasteiger partial charge in [-0.2, -0.15) is 0 Å². The van der Waals surface area contributed by atoms with Gasteiger partial charge < -0.3 is 0 Å². The van der Waals surface area contributed by atoms with Crippen molar-refractivity contribution in [2.24, 2.45) is 17.3 Å². The molecule has 0 aromatic carbocycles. The summed E-state index contributed by atoms with van der Waals surface area (Å²) < 4.78 is 0. The SMILES string of the molecule is CC(=O)[C@@H]1CC[C@]1(C)C1CC=C(C)CC1. The van der Waals surface area contributed by atoms with Crippen LogP contribution in [0.1, 0.15) is 52.9 Å². The van der Waals surface area contributed by atoms with Gasteiger partial charge in [-0.1, -0.05) is 18.6 Å². The highest BCUT2D eigenvalue weighted by molar-refractivity contribution is 5.80. The zero-order valence-corrected chi connectivity index (χ0v) is 10.2. The Labute approximate surface area is 92.9 Å². The van der Waals surface area contributed by atoms with Crippen LogP contribution in [-0.4, -0.2) is 5.78 Å². The van der Waals surface area contributed by atoms with Crippen LogP contribution in [-0.2, 0) is 4.79 Å². The Morgan fingerprint density at radius 2 is 2.20 bits per heavy atom. The fourth-order valence-electron chi connectivity index (χ4n) is 3.46. The highest BCUT2D eigenvalue weighted by Gasteiger charge is 2.49. The second kappa shape index (κ2) is 3.77. The molecule has 84 valence electrons. The Kier molecular flexibility index (Phi) is 2.74. The van der Waals surface area contributed by atoms with Crippen molar-refractivity contribution in [1.29, 1.82) is 0 Å². The fraction of sp³-hybridized carbons (Fsp3) is 0.786. The minimum absolute atomic E-state index is 0.322. The van der Waals surface area contributed by atoms with Crippen molar-refractivity contribution in [2.75, 3.05) is 0 Å². The summed E-state index contributed by atoms with van der Waals surface area (Å²) in [5.74, 6) is 1.52. The smallest absolute Gasteiger partial charge is 0.133 e. The maximum absolute atomic E-state index is 11.5. The second-order valence-electron chi connectivity index (χ2n) is 5.73. The van der Waals surface area contributed by atoms with Crippen LogP contribution >= 0.6 is 0 Å². The van der Waals surface area contributed by atoms with Crippen LogP contribution in [0.3, 0.4) is 0 Å². The molecule has 2 aliphatic rings. The third-order valence-corrected chi connectivity index (χ3v) is 4.83. The van der Waals surface area contributed by atoms with Crippen LogP contribution in [0.15, 0.2) is 11.6 Å². The van der Waals surface area contributed by atoms with Crippen molar-refractivity contribution < 1.29 is 4.79 Å². The summed E-state index contributed by atoms with van der Waals surface area (Å²) >= 11 is 0. The fourth-order valence-corrected chi connectivity index (χ4v) is 3.46. The second-order valence-corrected chi connectivity index (χ2v) is 5.73. The quantitative estimate of drug-likeness (QED) is 0.629. The van der Waals surface area contributed by atoms with Gasteiger partial charge in [0.1, 0.15) is 5.78 Å². The lowest BCUT2D eigenvalue weighted by Crippen LogP contribution is -2.47. The Morgan fingerprint density at radius 3 is 2.60 bits per heavy atom. The van der Waals surface area contributed by atoms with Crippen molar-refractivity contribution in [3.63, 3.8) is 0 Å². The van der Waals surface area contributed by atoms with E-state index >= 15 is 0 Å². The van der Waals surface area contributed by atoms with Gasteiger partial charge in [-0.15, -0.1) is 0 Å². The van der Waals surface area contributed by atoms with Crippen LogP contribution in [0.4, 0.5) is 0 Å². The van der Waals surface area contributed by atoms with E-state index in [4.69, 9.17) is 0 Å². The van der Waals surface area contributed by atoms with Crippen molar-refractivity contribution in [1.82, 2.24) is 0 Å². The zero-order chi connectivity index (χ0) is 11.1. The van der Waals surface area contributed by atoms with E-state index in [9.17, 15) is 4.79 Å². The summed E-state index contributed by atoms with van der Waals surface area (Å²) in [4.78, 5) is 11.5. The van der Waals surface area contributed by atoms with Crippen LogP contribution < -0.4 is 0 Å². The van der Waals surface area contributed by atoms with Gasteiger partial charge in [-0.05, 0) is 57.3 Å². The minimum Gasteiger partial charge on any atom is -0.300 e. The van der Waals surface area contributed by atoms with Crippen LogP contribution in [0, 0.1) is 17.3 Å². The standard InChI is InChI=1S/C14H22O/c1-10-4-6-12(7-5-10)14(3)9-8-13(14)11(2)15/h4,12-13H,5-9H2,1-3H3/t12?,13-,14+/m0/s1. The molecule has 1 fully saturated rings. The number of allylic oxidation sites excluding steroid dienone is 2. The molecule has 1 unspecified atom stereocenters. The summed E-state index contributed by atoms with van der Waals surface area (Å²) in [6.45, 7) is 6.33. The Bertz CT molecular complexity index is 302. The number of ketones is 1. The normalized spacial score (nSPS) is 40.6. The van der Waals surface area contributed by atoms with Crippen molar-refractivity contribution >= 4 is 5.78 Å². The van der Waals surface area contributed by atoms with E-state index in [1.807, 2.05) is 0 Å². The monoisotopic (exact) mass is 206 g/mol. The maximum atomic E-state index is 11.5. The van der Waals surface area contributed by atoms with E-state index in [1.54, 1.807) is 6.92 Å². The van der Waals surface area contributed by atoms with Gasteiger partial charge in [0.15, 0.2) is 0 Å². The summed E-state index contributed by atoms with van der Waals surface area (Å²) in [5, 5.41) is 0. The molecule has 0 amide bonds. The van der Waals surface area contributed by atoms with E-state index in [0.717, 1.165) is 12.3 Å². The highest BCUT2D eigenvalue weighted by Crippen LogP contribution is 2.55. The molecular weight excluding hydrogens is 184 g/mol. The number of hydrogen-bond acceptors (Lipinski definition) is 1. The number of carbonyl (C=O) groups is 1. The van der Waals surface area contributed by atoms with Gasteiger partial charge in [0, 0.05) is 5.92 Å². The molecule has 2 rings (SSSR count). The lowest BCUT2D eigenvalue weighted by atomic mass is 9.52. The molecule has 0 aliphatic heterocycles. The molecule has 1 heteroatoms. The van der Waals surface area contributed by atoms with Gasteiger partial charge in [0.2, 0.25) is 0 Å². The molecule has 0 bridgehead atoms.